The molecule has 0 saturated carbocycles. The highest BCUT2D eigenvalue weighted by atomic mass is 32.2. The summed E-state index contributed by atoms with van der Waals surface area (Å²) in [5.41, 5.74) is 0.546. The lowest BCUT2D eigenvalue weighted by molar-refractivity contribution is -0.115. The van der Waals surface area contributed by atoms with Crippen LogP contribution in [-0.2, 0) is 14.6 Å². The van der Waals surface area contributed by atoms with Crippen LogP contribution in [0.4, 0.5) is 10.1 Å². The van der Waals surface area contributed by atoms with Crippen LogP contribution in [0.25, 0.3) is 10.8 Å². The van der Waals surface area contributed by atoms with E-state index >= 15 is 0 Å². The van der Waals surface area contributed by atoms with Gasteiger partial charge in [-0.25, -0.2) is 12.8 Å². The van der Waals surface area contributed by atoms with Crippen LogP contribution in [0.5, 0.6) is 0 Å². The zero-order valence-corrected chi connectivity index (χ0v) is 14.3. The van der Waals surface area contributed by atoms with Gasteiger partial charge in [0.2, 0.25) is 5.91 Å². The summed E-state index contributed by atoms with van der Waals surface area (Å²) in [4.78, 5) is 12.4. The Bertz CT molecular complexity index is 1020. The molecule has 0 heterocycles. The Morgan fingerprint density at radius 1 is 0.960 bits per heavy atom. The molecular weight excluding hydrogens is 341 g/mol. The number of rotatable bonds is 4. The van der Waals surface area contributed by atoms with E-state index in [1.807, 2.05) is 30.3 Å². The first-order chi connectivity index (χ1) is 11.9. The minimum Gasteiger partial charge on any atom is -0.324 e. The lowest BCUT2D eigenvalue weighted by Crippen LogP contribution is -2.32. The fourth-order valence-corrected chi connectivity index (χ4v) is 3.80. The largest absolute Gasteiger partial charge is 0.324 e. The van der Waals surface area contributed by atoms with E-state index in [2.05, 4.69) is 5.32 Å². The second kappa shape index (κ2) is 6.64. The van der Waals surface area contributed by atoms with Crippen LogP contribution in [0.1, 0.15) is 6.92 Å². The van der Waals surface area contributed by atoms with E-state index < -0.39 is 26.8 Å². The lowest BCUT2D eigenvalue weighted by Gasteiger charge is -2.14. The van der Waals surface area contributed by atoms with Gasteiger partial charge in [-0.05, 0) is 42.6 Å². The van der Waals surface area contributed by atoms with Crippen molar-refractivity contribution in [2.75, 3.05) is 5.32 Å². The Morgan fingerprint density at radius 2 is 1.60 bits per heavy atom. The molecule has 3 aromatic rings. The summed E-state index contributed by atoms with van der Waals surface area (Å²) in [6.45, 7) is 1.32. The summed E-state index contributed by atoms with van der Waals surface area (Å²) in [5, 5.41) is 3.13. The summed E-state index contributed by atoms with van der Waals surface area (Å²) < 4.78 is 38.1. The maximum Gasteiger partial charge on any atom is 0.242 e. The molecule has 128 valence electrons. The molecule has 0 bridgehead atoms. The number of hydrogen-bond acceptors (Lipinski definition) is 3. The molecule has 3 aromatic carbocycles. The molecule has 6 heteroatoms. The average Bonchev–Trinajstić information content (AvgIpc) is 2.61. The van der Waals surface area contributed by atoms with E-state index in [9.17, 15) is 17.6 Å². The first-order valence-electron chi connectivity index (χ1n) is 7.68. The molecule has 0 aliphatic rings. The van der Waals surface area contributed by atoms with Crippen molar-refractivity contribution in [2.45, 2.75) is 17.1 Å². The van der Waals surface area contributed by atoms with Gasteiger partial charge in [0.1, 0.15) is 11.1 Å². The predicted octanol–water partition coefficient (Wildman–Crippen LogP) is 3.78. The molecule has 0 aliphatic carbocycles. The Labute approximate surface area is 145 Å². The Balaban J connectivity index is 1.88. The third-order valence-corrected chi connectivity index (χ3v) is 6.10. The van der Waals surface area contributed by atoms with E-state index in [4.69, 9.17) is 0 Å². The van der Waals surface area contributed by atoms with Gasteiger partial charge in [0, 0.05) is 11.1 Å². The number of benzene rings is 3. The van der Waals surface area contributed by atoms with Crippen LogP contribution >= 0.6 is 0 Å². The minimum atomic E-state index is -3.91. The summed E-state index contributed by atoms with van der Waals surface area (Å²) in [5.74, 6) is -1.17. The SMILES string of the molecule is CC(C(=O)Nc1cccc2ccccc12)S(=O)(=O)c1ccc(F)cc1. The molecule has 0 aromatic heterocycles. The lowest BCUT2D eigenvalue weighted by atomic mass is 10.1. The average molecular weight is 357 g/mol. The van der Waals surface area contributed by atoms with E-state index in [1.54, 1.807) is 12.1 Å². The third-order valence-electron chi connectivity index (χ3n) is 4.02. The van der Waals surface area contributed by atoms with Crippen molar-refractivity contribution in [3.8, 4) is 0 Å². The van der Waals surface area contributed by atoms with Crippen LogP contribution in [0.15, 0.2) is 71.6 Å². The van der Waals surface area contributed by atoms with Crippen molar-refractivity contribution in [3.63, 3.8) is 0 Å². The number of anilines is 1. The first kappa shape index (κ1) is 17.1. The van der Waals surface area contributed by atoms with E-state index in [1.165, 1.54) is 6.92 Å². The van der Waals surface area contributed by atoms with Crippen LogP contribution in [0.2, 0.25) is 0 Å². The van der Waals surface area contributed by atoms with Crippen molar-refractivity contribution in [1.29, 1.82) is 0 Å². The van der Waals surface area contributed by atoms with Crippen molar-refractivity contribution in [1.82, 2.24) is 0 Å². The predicted molar refractivity (Wildman–Crippen MR) is 95.6 cm³/mol. The molecule has 0 fully saturated rings. The maximum atomic E-state index is 13.0. The highest BCUT2D eigenvalue weighted by Gasteiger charge is 2.30. The maximum absolute atomic E-state index is 13.0. The Hall–Kier alpha value is -2.73. The molecule has 1 atom stereocenters. The highest BCUT2D eigenvalue weighted by Crippen LogP contribution is 2.24. The number of carbonyl (C=O) groups is 1. The first-order valence-corrected chi connectivity index (χ1v) is 9.22. The summed E-state index contributed by atoms with van der Waals surface area (Å²) in [6.07, 6.45) is 0. The molecular formula is C19H16FNO3S. The van der Waals surface area contributed by atoms with Gasteiger partial charge < -0.3 is 5.32 Å². The number of fused-ring (bicyclic) bond motifs is 1. The fraction of sp³-hybridized carbons (Fsp3) is 0.105. The van der Waals surface area contributed by atoms with Gasteiger partial charge in [0.05, 0.1) is 4.90 Å². The van der Waals surface area contributed by atoms with Crippen LogP contribution in [0.3, 0.4) is 0 Å². The van der Waals surface area contributed by atoms with Gasteiger partial charge in [0.25, 0.3) is 0 Å². The third kappa shape index (κ3) is 3.39. The highest BCUT2D eigenvalue weighted by molar-refractivity contribution is 7.92. The zero-order valence-electron chi connectivity index (χ0n) is 13.4. The normalized spacial score (nSPS) is 12.7. The van der Waals surface area contributed by atoms with Crippen molar-refractivity contribution in [2.24, 2.45) is 0 Å². The smallest absolute Gasteiger partial charge is 0.242 e. The number of sulfone groups is 1. The molecule has 1 N–H and O–H groups in total. The second-order valence-electron chi connectivity index (χ2n) is 5.66. The molecule has 0 saturated heterocycles. The molecule has 1 unspecified atom stereocenters. The quantitative estimate of drug-likeness (QED) is 0.723. The second-order valence-corrected chi connectivity index (χ2v) is 7.93. The fourth-order valence-electron chi connectivity index (χ4n) is 2.54. The standard InChI is InChI=1S/C19H16FNO3S/c1-13(25(23,24)16-11-9-15(20)10-12-16)19(22)21-18-8-4-6-14-5-2-3-7-17(14)18/h2-13H,1H3,(H,21,22). The van der Waals surface area contributed by atoms with Gasteiger partial charge in [-0.15, -0.1) is 0 Å². The van der Waals surface area contributed by atoms with Gasteiger partial charge in [-0.2, -0.15) is 0 Å². The summed E-state index contributed by atoms with van der Waals surface area (Å²) in [7, 11) is -3.91. The summed E-state index contributed by atoms with van der Waals surface area (Å²) >= 11 is 0. The number of amides is 1. The number of hydrogen-bond donors (Lipinski definition) is 1. The summed E-state index contributed by atoms with van der Waals surface area (Å²) in [6, 6.07) is 17.3. The van der Waals surface area contributed by atoms with E-state index in [-0.39, 0.29) is 4.90 Å². The van der Waals surface area contributed by atoms with Crippen LogP contribution in [-0.4, -0.2) is 19.6 Å². The van der Waals surface area contributed by atoms with Gasteiger partial charge >= 0.3 is 0 Å². The van der Waals surface area contributed by atoms with Crippen LogP contribution < -0.4 is 5.32 Å². The van der Waals surface area contributed by atoms with E-state index in [0.29, 0.717) is 5.69 Å². The van der Waals surface area contributed by atoms with Crippen molar-refractivity contribution < 1.29 is 17.6 Å². The molecule has 25 heavy (non-hydrogen) atoms. The van der Waals surface area contributed by atoms with Gasteiger partial charge in [0.15, 0.2) is 9.84 Å². The Kier molecular flexibility index (Phi) is 4.55. The molecule has 0 aliphatic heterocycles. The zero-order chi connectivity index (χ0) is 18.0. The van der Waals surface area contributed by atoms with E-state index in [0.717, 1.165) is 35.0 Å². The minimum absolute atomic E-state index is 0.0885. The number of nitrogens with one attached hydrogen (secondary N) is 1. The van der Waals surface area contributed by atoms with Crippen molar-refractivity contribution >= 4 is 32.2 Å². The molecule has 1 amide bonds. The molecule has 0 spiro atoms. The van der Waals surface area contributed by atoms with Gasteiger partial charge in [-0.1, -0.05) is 36.4 Å². The molecule has 3 rings (SSSR count). The number of halogens is 1. The molecule has 4 nitrogen and oxygen atoms in total. The molecule has 0 radical (unpaired) electrons. The van der Waals surface area contributed by atoms with Crippen LogP contribution in [0, 0.1) is 5.82 Å². The van der Waals surface area contributed by atoms with Crippen molar-refractivity contribution in [3.05, 3.63) is 72.5 Å². The topological polar surface area (TPSA) is 63.2 Å². The monoisotopic (exact) mass is 357 g/mol. The van der Waals surface area contributed by atoms with Gasteiger partial charge in [-0.3, -0.25) is 4.79 Å². The number of carbonyl (C=O) groups excluding carboxylic acids is 1. The Morgan fingerprint density at radius 3 is 2.32 bits per heavy atom.